The SMILES string of the molecule is NCc1cnoc1-c1ccc2c(c1)OCO2. The maximum atomic E-state index is 5.59. The van der Waals surface area contributed by atoms with Crippen LogP contribution in [0.5, 0.6) is 11.5 Å². The second-order valence-corrected chi connectivity index (χ2v) is 3.45. The molecule has 1 aliphatic heterocycles. The Morgan fingerprint density at radius 3 is 3.00 bits per heavy atom. The van der Waals surface area contributed by atoms with Gasteiger partial charge in [-0.15, -0.1) is 0 Å². The summed E-state index contributed by atoms with van der Waals surface area (Å²) in [5.74, 6) is 2.15. The molecule has 0 bridgehead atoms. The van der Waals surface area contributed by atoms with Gasteiger partial charge >= 0.3 is 0 Å². The zero-order valence-electron chi connectivity index (χ0n) is 8.47. The Hall–Kier alpha value is -2.01. The summed E-state index contributed by atoms with van der Waals surface area (Å²) in [6.07, 6.45) is 1.62. The molecule has 0 saturated heterocycles. The molecule has 2 N–H and O–H groups in total. The molecule has 1 aromatic carbocycles. The number of benzene rings is 1. The van der Waals surface area contributed by atoms with Crippen LogP contribution in [0, 0.1) is 0 Å². The number of aromatic nitrogens is 1. The molecule has 0 unspecified atom stereocenters. The van der Waals surface area contributed by atoms with Crippen LogP contribution in [0.25, 0.3) is 11.3 Å². The molecular formula is C11H10N2O3. The summed E-state index contributed by atoms with van der Waals surface area (Å²) < 4.78 is 15.7. The van der Waals surface area contributed by atoms with Gasteiger partial charge in [-0.05, 0) is 18.2 Å². The van der Waals surface area contributed by atoms with Crippen LogP contribution in [0.15, 0.2) is 28.9 Å². The normalized spacial score (nSPS) is 13.1. The van der Waals surface area contributed by atoms with Crippen molar-refractivity contribution in [3.63, 3.8) is 0 Å². The van der Waals surface area contributed by atoms with Crippen molar-refractivity contribution in [3.05, 3.63) is 30.0 Å². The lowest BCUT2D eigenvalue weighted by Crippen LogP contribution is -1.95. The molecule has 0 spiro atoms. The summed E-state index contributed by atoms with van der Waals surface area (Å²) in [4.78, 5) is 0. The van der Waals surface area contributed by atoms with Crippen LogP contribution in [0.1, 0.15) is 5.56 Å². The summed E-state index contributed by atoms with van der Waals surface area (Å²) in [7, 11) is 0. The van der Waals surface area contributed by atoms with Gasteiger partial charge in [0.1, 0.15) is 0 Å². The third-order valence-corrected chi connectivity index (χ3v) is 2.50. The zero-order valence-corrected chi connectivity index (χ0v) is 8.47. The van der Waals surface area contributed by atoms with Gasteiger partial charge in [-0.3, -0.25) is 0 Å². The third kappa shape index (κ3) is 1.33. The highest BCUT2D eigenvalue weighted by molar-refractivity contribution is 5.65. The minimum absolute atomic E-state index is 0.263. The molecule has 2 heterocycles. The van der Waals surface area contributed by atoms with Gasteiger partial charge in [0.2, 0.25) is 6.79 Å². The van der Waals surface area contributed by atoms with E-state index in [1.54, 1.807) is 6.20 Å². The van der Waals surface area contributed by atoms with Gasteiger partial charge in [-0.1, -0.05) is 5.16 Å². The summed E-state index contributed by atoms with van der Waals surface area (Å²) in [5.41, 5.74) is 7.35. The van der Waals surface area contributed by atoms with E-state index < -0.39 is 0 Å². The quantitative estimate of drug-likeness (QED) is 0.827. The van der Waals surface area contributed by atoms with E-state index in [0.717, 1.165) is 22.6 Å². The molecule has 3 rings (SSSR count). The van der Waals surface area contributed by atoms with Crippen molar-refractivity contribution < 1.29 is 14.0 Å². The van der Waals surface area contributed by atoms with Gasteiger partial charge in [-0.2, -0.15) is 0 Å². The molecule has 0 amide bonds. The Bertz CT molecular complexity index is 522. The molecule has 5 heteroatoms. The molecular weight excluding hydrogens is 208 g/mol. The van der Waals surface area contributed by atoms with Crippen molar-refractivity contribution in [1.29, 1.82) is 0 Å². The fourth-order valence-electron chi connectivity index (χ4n) is 1.68. The van der Waals surface area contributed by atoms with E-state index in [-0.39, 0.29) is 6.79 Å². The van der Waals surface area contributed by atoms with Crippen LogP contribution in [-0.4, -0.2) is 11.9 Å². The van der Waals surface area contributed by atoms with Gasteiger partial charge in [-0.25, -0.2) is 0 Å². The predicted octanol–water partition coefficient (Wildman–Crippen LogP) is 1.53. The highest BCUT2D eigenvalue weighted by atomic mass is 16.7. The number of hydrogen-bond donors (Lipinski definition) is 1. The summed E-state index contributed by atoms with van der Waals surface area (Å²) in [6.45, 7) is 0.659. The van der Waals surface area contributed by atoms with Gasteiger partial charge in [0.15, 0.2) is 17.3 Å². The molecule has 0 radical (unpaired) electrons. The van der Waals surface area contributed by atoms with E-state index in [2.05, 4.69) is 5.16 Å². The van der Waals surface area contributed by atoms with E-state index >= 15 is 0 Å². The van der Waals surface area contributed by atoms with Gasteiger partial charge in [0, 0.05) is 17.7 Å². The van der Waals surface area contributed by atoms with Crippen LogP contribution >= 0.6 is 0 Å². The monoisotopic (exact) mass is 218 g/mol. The number of fused-ring (bicyclic) bond motifs is 1. The molecule has 5 nitrogen and oxygen atoms in total. The fraction of sp³-hybridized carbons (Fsp3) is 0.182. The summed E-state index contributed by atoms with van der Waals surface area (Å²) in [6, 6.07) is 5.61. The lowest BCUT2D eigenvalue weighted by atomic mass is 10.1. The van der Waals surface area contributed by atoms with Crippen LogP contribution in [0.4, 0.5) is 0 Å². The smallest absolute Gasteiger partial charge is 0.231 e. The number of nitrogens with two attached hydrogens (primary N) is 1. The van der Waals surface area contributed by atoms with Crippen molar-refractivity contribution in [2.24, 2.45) is 5.73 Å². The first-order valence-electron chi connectivity index (χ1n) is 4.92. The predicted molar refractivity (Wildman–Crippen MR) is 56.0 cm³/mol. The highest BCUT2D eigenvalue weighted by Gasteiger charge is 2.16. The average Bonchev–Trinajstić information content (AvgIpc) is 2.96. The molecule has 0 atom stereocenters. The molecule has 16 heavy (non-hydrogen) atoms. The average molecular weight is 218 g/mol. The fourth-order valence-corrected chi connectivity index (χ4v) is 1.68. The largest absolute Gasteiger partial charge is 0.454 e. The second-order valence-electron chi connectivity index (χ2n) is 3.45. The van der Waals surface area contributed by atoms with Crippen molar-refractivity contribution in [1.82, 2.24) is 5.16 Å². The van der Waals surface area contributed by atoms with Crippen molar-refractivity contribution in [3.8, 4) is 22.8 Å². The minimum atomic E-state index is 0.263. The van der Waals surface area contributed by atoms with E-state index in [9.17, 15) is 0 Å². The Balaban J connectivity index is 2.07. The maximum absolute atomic E-state index is 5.59. The second kappa shape index (κ2) is 3.53. The molecule has 82 valence electrons. The van der Waals surface area contributed by atoms with Crippen LogP contribution in [-0.2, 0) is 6.54 Å². The molecule has 1 aliphatic rings. The Kier molecular flexibility index (Phi) is 2.04. The van der Waals surface area contributed by atoms with Gasteiger partial charge in [0.25, 0.3) is 0 Å². The Labute approximate surface area is 91.7 Å². The highest BCUT2D eigenvalue weighted by Crippen LogP contribution is 2.36. The Morgan fingerprint density at radius 2 is 2.12 bits per heavy atom. The number of ether oxygens (including phenoxy) is 2. The van der Waals surface area contributed by atoms with E-state index in [4.69, 9.17) is 19.7 Å². The molecule has 0 saturated carbocycles. The molecule has 2 aromatic rings. The topological polar surface area (TPSA) is 70.5 Å². The van der Waals surface area contributed by atoms with E-state index in [1.165, 1.54) is 0 Å². The van der Waals surface area contributed by atoms with Crippen LogP contribution < -0.4 is 15.2 Å². The van der Waals surface area contributed by atoms with Crippen LogP contribution in [0.3, 0.4) is 0 Å². The van der Waals surface area contributed by atoms with Gasteiger partial charge < -0.3 is 19.7 Å². The number of hydrogen-bond acceptors (Lipinski definition) is 5. The maximum Gasteiger partial charge on any atom is 0.231 e. The summed E-state index contributed by atoms with van der Waals surface area (Å²) in [5, 5.41) is 3.74. The summed E-state index contributed by atoms with van der Waals surface area (Å²) >= 11 is 0. The van der Waals surface area contributed by atoms with Crippen molar-refractivity contribution in [2.75, 3.05) is 6.79 Å². The number of rotatable bonds is 2. The van der Waals surface area contributed by atoms with Crippen LogP contribution in [0.2, 0.25) is 0 Å². The minimum Gasteiger partial charge on any atom is -0.454 e. The first kappa shape index (κ1) is 9.23. The first-order valence-corrected chi connectivity index (χ1v) is 4.92. The lowest BCUT2D eigenvalue weighted by molar-refractivity contribution is 0.174. The standard InChI is InChI=1S/C11H10N2O3/c12-4-8-5-13-16-11(8)7-1-2-9-10(3-7)15-6-14-9/h1-3,5H,4,6,12H2. The molecule has 0 fully saturated rings. The lowest BCUT2D eigenvalue weighted by Gasteiger charge is -2.00. The Morgan fingerprint density at radius 1 is 1.25 bits per heavy atom. The first-order chi connectivity index (χ1) is 7.88. The van der Waals surface area contributed by atoms with Crippen molar-refractivity contribution >= 4 is 0 Å². The molecule has 1 aromatic heterocycles. The van der Waals surface area contributed by atoms with Gasteiger partial charge in [0.05, 0.1) is 6.20 Å². The third-order valence-electron chi connectivity index (χ3n) is 2.50. The number of nitrogens with zero attached hydrogens (tertiary/aromatic N) is 1. The van der Waals surface area contributed by atoms with Crippen molar-refractivity contribution in [2.45, 2.75) is 6.54 Å². The zero-order chi connectivity index (χ0) is 11.0. The van der Waals surface area contributed by atoms with E-state index in [0.29, 0.717) is 12.3 Å². The van der Waals surface area contributed by atoms with E-state index in [1.807, 2.05) is 18.2 Å². The molecule has 0 aliphatic carbocycles.